The molecule has 0 heterocycles. The maximum absolute atomic E-state index is 12.2. The lowest BCUT2D eigenvalue weighted by Gasteiger charge is -2.14. The fourth-order valence-corrected chi connectivity index (χ4v) is 2.42. The smallest absolute Gasteiger partial charge is 0.248 e. The second-order valence-corrected chi connectivity index (χ2v) is 6.54. The number of carbonyl (C=O) groups is 1. The zero-order valence-electron chi connectivity index (χ0n) is 17.0. The lowest BCUT2D eigenvalue weighted by Crippen LogP contribution is -2.07. The minimum atomic E-state index is -0.217. The summed E-state index contributed by atoms with van der Waals surface area (Å²) in [7, 11) is 3.14. The summed E-state index contributed by atoms with van der Waals surface area (Å²) in [5.74, 6) is 1.40. The van der Waals surface area contributed by atoms with E-state index in [1.54, 1.807) is 32.4 Å². The number of benzene rings is 2. The number of carbonyl (C=O) groups excluding carboxylic acids is 1. The van der Waals surface area contributed by atoms with Gasteiger partial charge in [-0.3, -0.25) is 4.79 Å². The first-order chi connectivity index (χ1) is 13.4. The van der Waals surface area contributed by atoms with Gasteiger partial charge >= 0.3 is 0 Å². The van der Waals surface area contributed by atoms with Crippen molar-refractivity contribution in [2.75, 3.05) is 26.1 Å². The number of aryl methyl sites for hydroxylation is 1. The molecule has 0 unspecified atom stereocenters. The van der Waals surface area contributed by atoms with Crippen LogP contribution in [0.1, 0.15) is 25.0 Å². The fraction of sp³-hybridized carbons (Fsp3) is 0.261. The van der Waals surface area contributed by atoms with Crippen molar-refractivity contribution in [1.82, 2.24) is 0 Å². The van der Waals surface area contributed by atoms with Gasteiger partial charge in [0, 0.05) is 11.8 Å². The van der Waals surface area contributed by atoms with Crippen molar-refractivity contribution in [1.29, 1.82) is 0 Å². The average Bonchev–Trinajstić information content (AvgIpc) is 2.68. The topological polar surface area (TPSA) is 56.8 Å². The molecule has 28 heavy (non-hydrogen) atoms. The number of hydrogen-bond acceptors (Lipinski definition) is 4. The molecule has 0 saturated heterocycles. The second-order valence-electron chi connectivity index (χ2n) is 6.54. The standard InChI is InChI=1S/C23H27NO4/c1-16(2)12-13-28-23-20(26-4)14-18(15-21(23)27-5)8-11-22(25)24-19-9-6-17(3)7-10-19/h6-12,14-15H,13H2,1-5H3,(H,24,25)/b11-8+. The van der Waals surface area contributed by atoms with Crippen LogP contribution in [0.5, 0.6) is 17.2 Å². The zero-order valence-corrected chi connectivity index (χ0v) is 17.0. The van der Waals surface area contributed by atoms with Crippen LogP contribution in [-0.2, 0) is 4.79 Å². The Morgan fingerprint density at radius 3 is 2.18 bits per heavy atom. The van der Waals surface area contributed by atoms with Crippen molar-refractivity contribution >= 4 is 17.7 Å². The van der Waals surface area contributed by atoms with Gasteiger partial charge in [0.15, 0.2) is 11.5 Å². The highest BCUT2D eigenvalue weighted by atomic mass is 16.5. The van der Waals surface area contributed by atoms with Gasteiger partial charge in [-0.25, -0.2) is 0 Å². The van der Waals surface area contributed by atoms with E-state index in [0.29, 0.717) is 23.9 Å². The average molecular weight is 381 g/mol. The van der Waals surface area contributed by atoms with Crippen LogP contribution in [0.3, 0.4) is 0 Å². The quantitative estimate of drug-likeness (QED) is 0.516. The molecule has 0 fully saturated rings. The third kappa shape index (κ3) is 6.20. The van der Waals surface area contributed by atoms with Crippen molar-refractivity contribution < 1.29 is 19.0 Å². The van der Waals surface area contributed by atoms with Gasteiger partial charge < -0.3 is 19.5 Å². The molecule has 1 N–H and O–H groups in total. The van der Waals surface area contributed by atoms with Gasteiger partial charge in [-0.1, -0.05) is 23.3 Å². The number of allylic oxidation sites excluding steroid dienone is 1. The second kappa shape index (κ2) is 10.2. The van der Waals surface area contributed by atoms with Crippen LogP contribution in [0.25, 0.3) is 6.08 Å². The first kappa shape index (κ1) is 21.1. The minimum Gasteiger partial charge on any atom is -0.493 e. The number of anilines is 1. The van der Waals surface area contributed by atoms with E-state index >= 15 is 0 Å². The van der Waals surface area contributed by atoms with E-state index in [2.05, 4.69) is 5.32 Å². The molecule has 1 amide bonds. The summed E-state index contributed by atoms with van der Waals surface area (Å²) in [5, 5.41) is 2.83. The Balaban J connectivity index is 2.16. The van der Waals surface area contributed by atoms with E-state index in [9.17, 15) is 4.79 Å². The molecule has 0 saturated carbocycles. The third-order valence-electron chi connectivity index (χ3n) is 3.95. The monoisotopic (exact) mass is 381 g/mol. The Kier molecular flexibility index (Phi) is 7.69. The van der Waals surface area contributed by atoms with Crippen LogP contribution in [0, 0.1) is 6.92 Å². The minimum absolute atomic E-state index is 0.217. The first-order valence-corrected chi connectivity index (χ1v) is 9.01. The molecule has 0 atom stereocenters. The summed E-state index contributed by atoms with van der Waals surface area (Å²) in [5.41, 5.74) is 3.82. The lowest BCUT2D eigenvalue weighted by molar-refractivity contribution is -0.111. The molecule has 0 aliphatic rings. The van der Waals surface area contributed by atoms with Gasteiger partial charge in [0.1, 0.15) is 6.61 Å². The fourth-order valence-electron chi connectivity index (χ4n) is 2.42. The number of ether oxygens (including phenoxy) is 3. The van der Waals surface area contributed by atoms with Gasteiger partial charge in [-0.05, 0) is 62.8 Å². The third-order valence-corrected chi connectivity index (χ3v) is 3.95. The van der Waals surface area contributed by atoms with Gasteiger partial charge in [-0.15, -0.1) is 0 Å². The van der Waals surface area contributed by atoms with E-state index in [1.165, 1.54) is 6.08 Å². The number of nitrogens with one attached hydrogen (secondary N) is 1. The molecule has 0 spiro atoms. The molecular formula is C23H27NO4. The highest BCUT2D eigenvalue weighted by Gasteiger charge is 2.13. The number of methoxy groups -OCH3 is 2. The van der Waals surface area contributed by atoms with E-state index in [-0.39, 0.29) is 5.91 Å². The summed E-state index contributed by atoms with van der Waals surface area (Å²) >= 11 is 0. The van der Waals surface area contributed by atoms with Gasteiger partial charge in [0.25, 0.3) is 0 Å². The molecule has 5 heteroatoms. The highest BCUT2D eigenvalue weighted by Crippen LogP contribution is 2.39. The van der Waals surface area contributed by atoms with Gasteiger partial charge in [0.05, 0.1) is 14.2 Å². The maximum Gasteiger partial charge on any atom is 0.248 e. The van der Waals surface area contributed by atoms with E-state index < -0.39 is 0 Å². The predicted molar refractivity (Wildman–Crippen MR) is 113 cm³/mol. The first-order valence-electron chi connectivity index (χ1n) is 9.01. The van der Waals surface area contributed by atoms with Crippen LogP contribution < -0.4 is 19.5 Å². The number of hydrogen-bond donors (Lipinski definition) is 1. The molecule has 5 nitrogen and oxygen atoms in total. The lowest BCUT2D eigenvalue weighted by atomic mass is 10.1. The van der Waals surface area contributed by atoms with Crippen LogP contribution in [0.15, 0.2) is 54.1 Å². The Labute approximate surface area is 166 Å². The molecule has 0 bridgehead atoms. The highest BCUT2D eigenvalue weighted by molar-refractivity contribution is 6.02. The molecule has 2 aromatic carbocycles. The molecule has 2 aromatic rings. The largest absolute Gasteiger partial charge is 0.493 e. The maximum atomic E-state index is 12.2. The van der Waals surface area contributed by atoms with Crippen LogP contribution >= 0.6 is 0 Å². The van der Waals surface area contributed by atoms with E-state index in [4.69, 9.17) is 14.2 Å². The molecule has 148 valence electrons. The summed E-state index contributed by atoms with van der Waals surface area (Å²) in [6.45, 7) is 6.43. The van der Waals surface area contributed by atoms with Gasteiger partial charge in [-0.2, -0.15) is 0 Å². The predicted octanol–water partition coefficient (Wildman–Crippen LogP) is 5.01. The normalized spacial score (nSPS) is 10.5. The van der Waals surface area contributed by atoms with Crippen molar-refractivity contribution in [2.45, 2.75) is 20.8 Å². The summed E-state index contributed by atoms with van der Waals surface area (Å²) in [4.78, 5) is 12.2. The Hall–Kier alpha value is -3.21. The van der Waals surface area contributed by atoms with Crippen LogP contribution in [0.4, 0.5) is 5.69 Å². The van der Waals surface area contributed by atoms with E-state index in [1.807, 2.05) is 51.1 Å². The molecule has 0 aliphatic carbocycles. The van der Waals surface area contributed by atoms with Gasteiger partial charge in [0.2, 0.25) is 11.7 Å². The Morgan fingerprint density at radius 1 is 1.04 bits per heavy atom. The Bertz CT molecular complexity index is 838. The van der Waals surface area contributed by atoms with Crippen LogP contribution in [-0.4, -0.2) is 26.7 Å². The van der Waals surface area contributed by atoms with Crippen LogP contribution in [0.2, 0.25) is 0 Å². The summed E-state index contributed by atoms with van der Waals surface area (Å²) in [6.07, 6.45) is 5.15. The van der Waals surface area contributed by atoms with Crippen molar-refractivity contribution in [3.05, 3.63) is 65.3 Å². The van der Waals surface area contributed by atoms with Crippen molar-refractivity contribution in [3.63, 3.8) is 0 Å². The van der Waals surface area contributed by atoms with E-state index in [0.717, 1.165) is 22.4 Å². The van der Waals surface area contributed by atoms with Crippen molar-refractivity contribution in [3.8, 4) is 17.2 Å². The zero-order chi connectivity index (χ0) is 20.5. The summed E-state index contributed by atoms with van der Waals surface area (Å²) < 4.78 is 16.7. The molecule has 0 radical (unpaired) electrons. The Morgan fingerprint density at radius 2 is 1.64 bits per heavy atom. The summed E-state index contributed by atoms with van der Waals surface area (Å²) in [6, 6.07) is 11.2. The SMILES string of the molecule is COc1cc(/C=C/C(=O)Nc2ccc(C)cc2)cc(OC)c1OCC=C(C)C. The number of amides is 1. The molecule has 2 rings (SSSR count). The molecule has 0 aromatic heterocycles. The molecular weight excluding hydrogens is 354 g/mol. The number of rotatable bonds is 8. The molecule has 0 aliphatic heterocycles. The van der Waals surface area contributed by atoms with Crippen molar-refractivity contribution in [2.24, 2.45) is 0 Å².